The first-order valence-electron chi connectivity index (χ1n) is 4.85. The molecule has 0 aromatic carbocycles. The van der Waals surface area contributed by atoms with E-state index in [1.807, 2.05) is 0 Å². The minimum absolute atomic E-state index is 0.00810. The molecule has 1 aromatic rings. The van der Waals surface area contributed by atoms with Crippen LogP contribution >= 0.6 is 11.3 Å². The second-order valence-corrected chi connectivity index (χ2v) is 4.64. The molecule has 80 valence electrons. The fourth-order valence-electron chi connectivity index (χ4n) is 1.96. The van der Waals surface area contributed by atoms with Crippen molar-refractivity contribution in [3.05, 3.63) is 16.6 Å². The van der Waals surface area contributed by atoms with E-state index >= 15 is 0 Å². The van der Waals surface area contributed by atoms with Gasteiger partial charge in [-0.15, -0.1) is 11.3 Å². The number of carboxylic acids is 1. The highest BCUT2D eigenvalue weighted by Gasteiger charge is 2.34. The van der Waals surface area contributed by atoms with Crippen LogP contribution in [0.25, 0.3) is 0 Å². The molecule has 0 spiro atoms. The maximum absolute atomic E-state index is 11.8. The molecule has 0 amide bonds. The van der Waals surface area contributed by atoms with Crippen LogP contribution in [-0.4, -0.2) is 21.8 Å². The number of aromatic nitrogens is 1. The fraction of sp³-hybridized carbons (Fsp3) is 0.500. The average Bonchev–Trinajstić information content (AvgIpc) is 2.88. The van der Waals surface area contributed by atoms with Gasteiger partial charge in [0.2, 0.25) is 0 Å². The second-order valence-electron chi connectivity index (χ2n) is 3.75. The van der Waals surface area contributed by atoms with Crippen molar-refractivity contribution in [2.45, 2.75) is 19.3 Å². The molecule has 1 N–H and O–H groups in total. The summed E-state index contributed by atoms with van der Waals surface area (Å²) in [6.07, 6.45) is 3.35. The number of hydrogen-bond donors (Lipinski definition) is 1. The molecule has 0 bridgehead atoms. The third kappa shape index (κ3) is 2.07. The molecule has 0 aliphatic heterocycles. The Morgan fingerprint density at radius 3 is 2.67 bits per heavy atom. The molecule has 1 aliphatic carbocycles. The molecule has 1 aliphatic rings. The third-order valence-electron chi connectivity index (χ3n) is 2.80. The van der Waals surface area contributed by atoms with Crippen LogP contribution in [0.3, 0.4) is 0 Å². The summed E-state index contributed by atoms with van der Waals surface area (Å²) in [6.45, 7) is 0. The number of hydrogen-bond acceptors (Lipinski definition) is 4. The van der Waals surface area contributed by atoms with E-state index in [4.69, 9.17) is 5.11 Å². The lowest BCUT2D eigenvalue weighted by molar-refractivity contribution is -0.141. The lowest BCUT2D eigenvalue weighted by Gasteiger charge is -2.05. The molecule has 15 heavy (non-hydrogen) atoms. The van der Waals surface area contributed by atoms with E-state index in [-0.39, 0.29) is 17.6 Å². The van der Waals surface area contributed by atoms with Crippen molar-refractivity contribution in [3.63, 3.8) is 0 Å². The van der Waals surface area contributed by atoms with Gasteiger partial charge in [-0.2, -0.15) is 0 Å². The van der Waals surface area contributed by atoms with Crippen LogP contribution in [0.2, 0.25) is 0 Å². The Labute approximate surface area is 91.0 Å². The summed E-state index contributed by atoms with van der Waals surface area (Å²) < 4.78 is 0. The molecule has 1 saturated carbocycles. The van der Waals surface area contributed by atoms with E-state index in [2.05, 4.69) is 4.98 Å². The standard InChI is InChI=1S/C10H11NO3S/c12-8(9-11-3-4-15-9)6-1-2-7(5-6)10(13)14/h3-4,6-7H,1-2,5H2,(H,13,14). The zero-order chi connectivity index (χ0) is 10.8. The highest BCUT2D eigenvalue weighted by atomic mass is 32.1. The number of Topliss-reactive ketones (excluding diaryl/α,β-unsaturated/α-hetero) is 1. The Kier molecular flexibility index (Phi) is 2.81. The van der Waals surface area contributed by atoms with E-state index in [1.54, 1.807) is 11.6 Å². The van der Waals surface area contributed by atoms with E-state index in [9.17, 15) is 9.59 Å². The molecule has 2 atom stereocenters. The van der Waals surface area contributed by atoms with Crippen molar-refractivity contribution in [1.82, 2.24) is 4.98 Å². The number of aliphatic carboxylic acids is 1. The van der Waals surface area contributed by atoms with Crippen molar-refractivity contribution in [2.75, 3.05) is 0 Å². The molecular formula is C10H11NO3S. The van der Waals surface area contributed by atoms with Crippen molar-refractivity contribution in [2.24, 2.45) is 11.8 Å². The molecular weight excluding hydrogens is 214 g/mol. The Balaban J connectivity index is 2.02. The predicted octanol–water partition coefficient (Wildman–Crippen LogP) is 1.83. The molecule has 2 rings (SSSR count). The summed E-state index contributed by atoms with van der Waals surface area (Å²) in [6, 6.07) is 0. The van der Waals surface area contributed by atoms with Crippen molar-refractivity contribution in [1.29, 1.82) is 0 Å². The number of carboxylic acid groups (broad SMARTS) is 1. The maximum atomic E-state index is 11.8. The van der Waals surface area contributed by atoms with Crippen LogP contribution in [0, 0.1) is 11.8 Å². The number of ketones is 1. The van der Waals surface area contributed by atoms with Gasteiger partial charge in [0.25, 0.3) is 0 Å². The van der Waals surface area contributed by atoms with E-state index in [0.29, 0.717) is 24.3 Å². The van der Waals surface area contributed by atoms with Crippen LogP contribution in [0.4, 0.5) is 0 Å². The van der Waals surface area contributed by atoms with Crippen molar-refractivity contribution in [3.8, 4) is 0 Å². The second kappa shape index (κ2) is 4.10. The first-order valence-corrected chi connectivity index (χ1v) is 5.73. The highest BCUT2D eigenvalue weighted by molar-refractivity contribution is 7.11. The molecule has 0 radical (unpaired) electrons. The zero-order valence-corrected chi connectivity index (χ0v) is 8.87. The largest absolute Gasteiger partial charge is 0.481 e. The Morgan fingerprint density at radius 1 is 1.40 bits per heavy atom. The van der Waals surface area contributed by atoms with Crippen LogP contribution < -0.4 is 0 Å². The number of thiazole rings is 1. The summed E-state index contributed by atoms with van der Waals surface area (Å²) in [4.78, 5) is 26.5. The lowest BCUT2D eigenvalue weighted by Crippen LogP contribution is -2.14. The Bertz CT molecular complexity index is 374. The molecule has 1 fully saturated rings. The maximum Gasteiger partial charge on any atom is 0.306 e. The van der Waals surface area contributed by atoms with Gasteiger partial charge in [-0.1, -0.05) is 0 Å². The van der Waals surface area contributed by atoms with E-state index in [0.717, 1.165) is 0 Å². The topological polar surface area (TPSA) is 67.3 Å². The van der Waals surface area contributed by atoms with Gasteiger partial charge in [0.15, 0.2) is 10.8 Å². The van der Waals surface area contributed by atoms with E-state index in [1.165, 1.54) is 11.3 Å². The molecule has 1 aromatic heterocycles. The Hall–Kier alpha value is -1.23. The van der Waals surface area contributed by atoms with Crippen LogP contribution in [0.15, 0.2) is 11.6 Å². The summed E-state index contributed by atoms with van der Waals surface area (Å²) in [7, 11) is 0. The van der Waals surface area contributed by atoms with Gasteiger partial charge in [0, 0.05) is 17.5 Å². The lowest BCUT2D eigenvalue weighted by atomic mass is 10.0. The predicted molar refractivity (Wildman–Crippen MR) is 54.9 cm³/mol. The number of carbonyl (C=O) groups excluding carboxylic acids is 1. The van der Waals surface area contributed by atoms with Gasteiger partial charge in [-0.3, -0.25) is 9.59 Å². The van der Waals surface area contributed by atoms with Crippen molar-refractivity contribution >= 4 is 23.1 Å². The molecule has 1 heterocycles. The number of carbonyl (C=O) groups is 2. The third-order valence-corrected chi connectivity index (χ3v) is 3.58. The molecule has 2 unspecified atom stereocenters. The summed E-state index contributed by atoms with van der Waals surface area (Å²) in [5.74, 6) is -1.27. The van der Waals surface area contributed by atoms with Gasteiger partial charge in [-0.25, -0.2) is 4.98 Å². The van der Waals surface area contributed by atoms with E-state index < -0.39 is 5.97 Å². The van der Waals surface area contributed by atoms with Crippen LogP contribution in [0.1, 0.15) is 29.1 Å². The summed E-state index contributed by atoms with van der Waals surface area (Å²) >= 11 is 1.32. The smallest absolute Gasteiger partial charge is 0.306 e. The SMILES string of the molecule is O=C(O)C1CCC(C(=O)c2nccs2)C1. The first-order chi connectivity index (χ1) is 7.18. The first kappa shape index (κ1) is 10.3. The molecule has 0 saturated heterocycles. The number of nitrogens with zero attached hydrogens (tertiary/aromatic N) is 1. The summed E-state index contributed by atoms with van der Waals surface area (Å²) in [5.41, 5.74) is 0. The zero-order valence-electron chi connectivity index (χ0n) is 8.05. The van der Waals surface area contributed by atoms with Crippen LogP contribution in [-0.2, 0) is 4.79 Å². The Morgan fingerprint density at radius 2 is 2.13 bits per heavy atom. The molecule has 4 nitrogen and oxygen atoms in total. The van der Waals surface area contributed by atoms with Gasteiger partial charge in [-0.05, 0) is 19.3 Å². The fourth-order valence-corrected chi connectivity index (χ4v) is 2.62. The van der Waals surface area contributed by atoms with Crippen LogP contribution in [0.5, 0.6) is 0 Å². The van der Waals surface area contributed by atoms with Crippen molar-refractivity contribution < 1.29 is 14.7 Å². The van der Waals surface area contributed by atoms with Gasteiger partial charge >= 0.3 is 5.97 Å². The van der Waals surface area contributed by atoms with Gasteiger partial charge in [0.05, 0.1) is 5.92 Å². The van der Waals surface area contributed by atoms with Gasteiger partial charge < -0.3 is 5.11 Å². The number of rotatable bonds is 3. The quantitative estimate of drug-likeness (QED) is 0.797. The summed E-state index contributed by atoms with van der Waals surface area (Å²) in [5, 5.41) is 11.1. The monoisotopic (exact) mass is 225 g/mol. The molecule has 5 heteroatoms. The minimum atomic E-state index is -0.788. The normalized spacial score (nSPS) is 25.3. The minimum Gasteiger partial charge on any atom is -0.481 e. The highest BCUT2D eigenvalue weighted by Crippen LogP contribution is 2.33. The van der Waals surface area contributed by atoms with Gasteiger partial charge in [0.1, 0.15) is 0 Å². The average molecular weight is 225 g/mol.